The van der Waals surface area contributed by atoms with Crippen LogP contribution in [0.3, 0.4) is 0 Å². The lowest BCUT2D eigenvalue weighted by molar-refractivity contribution is 0.465. The predicted molar refractivity (Wildman–Crippen MR) is 152 cm³/mol. The van der Waals surface area contributed by atoms with Crippen molar-refractivity contribution in [2.45, 2.75) is 0 Å². The van der Waals surface area contributed by atoms with Gasteiger partial charge in [-0.1, -0.05) is 48.0 Å². The second kappa shape index (κ2) is 10.2. The molecule has 0 unspecified atom stereocenters. The standard InChI is InChI=1S/C30H21ClN6O/c31-20-9-7-19(8-10-20)26-18-35-28(24-5-2-1-4-23(24)26)36-21-11-13-22(14-12-21)38-29-25(6-3-16-33-29)27-15-17-34-30(32)37-27/h1-18H,(H,35,36)(H2,32,34,37). The third kappa shape index (κ3) is 4.83. The average Bonchev–Trinajstić information content (AvgIpc) is 2.95. The van der Waals surface area contributed by atoms with Gasteiger partial charge in [0.05, 0.1) is 11.3 Å². The molecular formula is C30H21ClN6O. The summed E-state index contributed by atoms with van der Waals surface area (Å²) in [5.74, 6) is 2.01. The summed E-state index contributed by atoms with van der Waals surface area (Å²) in [5, 5.41) is 6.25. The van der Waals surface area contributed by atoms with E-state index < -0.39 is 0 Å². The quantitative estimate of drug-likeness (QED) is 0.236. The Hall–Kier alpha value is -5.01. The predicted octanol–water partition coefficient (Wildman–Crippen LogP) is 7.53. The fourth-order valence-electron chi connectivity index (χ4n) is 4.20. The van der Waals surface area contributed by atoms with Crippen LogP contribution in [0.15, 0.2) is 110 Å². The highest BCUT2D eigenvalue weighted by molar-refractivity contribution is 6.30. The number of nitrogens with one attached hydrogen (secondary N) is 1. The first kappa shape index (κ1) is 23.4. The molecule has 0 aliphatic rings. The van der Waals surface area contributed by atoms with Crippen LogP contribution in [-0.4, -0.2) is 19.9 Å². The molecule has 7 nitrogen and oxygen atoms in total. The number of hydrogen-bond acceptors (Lipinski definition) is 7. The lowest BCUT2D eigenvalue weighted by Gasteiger charge is -2.13. The number of nitrogen functional groups attached to an aromatic ring is 1. The summed E-state index contributed by atoms with van der Waals surface area (Å²) in [6.07, 6.45) is 5.16. The third-order valence-corrected chi connectivity index (χ3v) is 6.26. The molecule has 0 bridgehead atoms. The SMILES string of the molecule is Nc1nccc(-c2cccnc2Oc2ccc(Nc3ncc(-c4ccc(Cl)cc4)c4ccccc34)cc2)n1. The van der Waals surface area contributed by atoms with Gasteiger partial charge in [-0.15, -0.1) is 0 Å². The smallest absolute Gasteiger partial charge is 0.228 e. The Labute approximate surface area is 224 Å². The van der Waals surface area contributed by atoms with E-state index in [2.05, 4.69) is 32.4 Å². The van der Waals surface area contributed by atoms with E-state index in [-0.39, 0.29) is 5.95 Å². The van der Waals surface area contributed by atoms with Crippen molar-refractivity contribution in [3.8, 4) is 34.0 Å². The average molecular weight is 517 g/mol. The number of benzene rings is 3. The van der Waals surface area contributed by atoms with Crippen molar-refractivity contribution >= 4 is 39.8 Å². The van der Waals surface area contributed by atoms with Crippen LogP contribution in [0.5, 0.6) is 11.6 Å². The Morgan fingerprint density at radius 1 is 0.711 bits per heavy atom. The van der Waals surface area contributed by atoms with Crippen molar-refractivity contribution in [2.24, 2.45) is 0 Å². The zero-order valence-electron chi connectivity index (χ0n) is 20.0. The zero-order valence-corrected chi connectivity index (χ0v) is 20.8. The van der Waals surface area contributed by atoms with E-state index in [1.54, 1.807) is 18.5 Å². The summed E-state index contributed by atoms with van der Waals surface area (Å²) in [6.45, 7) is 0. The number of nitrogens with zero attached hydrogens (tertiary/aromatic N) is 4. The molecule has 0 saturated heterocycles. The van der Waals surface area contributed by atoms with Crippen molar-refractivity contribution < 1.29 is 4.74 Å². The van der Waals surface area contributed by atoms with E-state index in [0.717, 1.165) is 39.0 Å². The van der Waals surface area contributed by atoms with E-state index in [1.165, 1.54) is 0 Å². The van der Waals surface area contributed by atoms with Gasteiger partial charge in [0.15, 0.2) is 0 Å². The topological polar surface area (TPSA) is 98.8 Å². The number of rotatable bonds is 6. The Morgan fingerprint density at radius 3 is 2.29 bits per heavy atom. The highest BCUT2D eigenvalue weighted by atomic mass is 35.5. The molecule has 0 amide bonds. The fourth-order valence-corrected chi connectivity index (χ4v) is 4.32. The molecule has 184 valence electrons. The van der Waals surface area contributed by atoms with Crippen LogP contribution in [0.25, 0.3) is 33.2 Å². The first-order chi connectivity index (χ1) is 18.6. The summed E-state index contributed by atoms with van der Waals surface area (Å²) < 4.78 is 6.09. The van der Waals surface area contributed by atoms with Gasteiger partial charge in [-0.25, -0.2) is 19.9 Å². The molecule has 6 aromatic rings. The molecule has 38 heavy (non-hydrogen) atoms. The molecule has 0 saturated carbocycles. The van der Waals surface area contributed by atoms with Crippen LogP contribution in [0.2, 0.25) is 5.02 Å². The van der Waals surface area contributed by atoms with Crippen LogP contribution < -0.4 is 15.8 Å². The van der Waals surface area contributed by atoms with Crippen LogP contribution in [0.1, 0.15) is 0 Å². The van der Waals surface area contributed by atoms with Crippen molar-refractivity contribution in [3.63, 3.8) is 0 Å². The minimum absolute atomic E-state index is 0.190. The number of aromatic nitrogens is 4. The van der Waals surface area contributed by atoms with Crippen molar-refractivity contribution in [2.75, 3.05) is 11.1 Å². The number of fused-ring (bicyclic) bond motifs is 1. The second-order valence-corrected chi connectivity index (χ2v) is 8.92. The molecule has 0 spiro atoms. The number of nitrogens with two attached hydrogens (primary N) is 1. The monoisotopic (exact) mass is 516 g/mol. The minimum Gasteiger partial charge on any atom is -0.438 e. The van der Waals surface area contributed by atoms with Gasteiger partial charge in [0.1, 0.15) is 11.6 Å². The molecule has 3 aromatic carbocycles. The first-order valence-corrected chi connectivity index (χ1v) is 12.2. The van der Waals surface area contributed by atoms with Gasteiger partial charge in [0.25, 0.3) is 0 Å². The molecule has 0 atom stereocenters. The van der Waals surface area contributed by atoms with E-state index >= 15 is 0 Å². The van der Waals surface area contributed by atoms with E-state index in [9.17, 15) is 0 Å². The molecule has 0 aliphatic carbocycles. The van der Waals surface area contributed by atoms with E-state index in [0.29, 0.717) is 22.3 Å². The van der Waals surface area contributed by atoms with Crippen molar-refractivity contribution in [1.29, 1.82) is 0 Å². The molecule has 0 radical (unpaired) electrons. The lowest BCUT2D eigenvalue weighted by Crippen LogP contribution is -1.98. The molecule has 3 aromatic heterocycles. The van der Waals surface area contributed by atoms with E-state index in [1.807, 2.05) is 79.0 Å². The zero-order chi connectivity index (χ0) is 25.9. The molecule has 0 fully saturated rings. The molecular weight excluding hydrogens is 496 g/mol. The molecule has 0 aliphatic heterocycles. The summed E-state index contributed by atoms with van der Waals surface area (Å²) in [4.78, 5) is 17.4. The second-order valence-electron chi connectivity index (χ2n) is 8.48. The number of halogens is 1. The van der Waals surface area contributed by atoms with Gasteiger partial charge in [-0.05, 0) is 65.5 Å². The molecule has 8 heteroatoms. The maximum absolute atomic E-state index is 6.09. The lowest BCUT2D eigenvalue weighted by atomic mass is 10.0. The first-order valence-electron chi connectivity index (χ1n) is 11.9. The Balaban J connectivity index is 1.25. The number of pyridine rings is 2. The highest BCUT2D eigenvalue weighted by Gasteiger charge is 2.12. The number of hydrogen-bond donors (Lipinski definition) is 2. The maximum Gasteiger partial charge on any atom is 0.228 e. The van der Waals surface area contributed by atoms with Gasteiger partial charge >= 0.3 is 0 Å². The summed E-state index contributed by atoms with van der Waals surface area (Å²) in [7, 11) is 0. The molecule has 3 heterocycles. The van der Waals surface area contributed by atoms with Crippen LogP contribution >= 0.6 is 11.6 Å². The van der Waals surface area contributed by atoms with Crippen LogP contribution in [-0.2, 0) is 0 Å². The fraction of sp³-hybridized carbons (Fsp3) is 0. The number of anilines is 3. The van der Waals surface area contributed by atoms with Gasteiger partial charge < -0.3 is 15.8 Å². The van der Waals surface area contributed by atoms with Crippen molar-refractivity contribution in [3.05, 3.63) is 115 Å². The van der Waals surface area contributed by atoms with Gasteiger partial charge in [0.2, 0.25) is 11.8 Å². The van der Waals surface area contributed by atoms with Crippen molar-refractivity contribution in [1.82, 2.24) is 19.9 Å². The van der Waals surface area contributed by atoms with Crippen LogP contribution in [0.4, 0.5) is 17.5 Å². The molecule has 6 rings (SSSR count). The summed E-state index contributed by atoms with van der Waals surface area (Å²) in [5.41, 5.74) is 10.1. The number of ether oxygens (including phenoxy) is 1. The van der Waals surface area contributed by atoms with Crippen LogP contribution in [0, 0.1) is 0 Å². The largest absolute Gasteiger partial charge is 0.438 e. The minimum atomic E-state index is 0.190. The van der Waals surface area contributed by atoms with Gasteiger partial charge in [-0.2, -0.15) is 0 Å². The van der Waals surface area contributed by atoms with Gasteiger partial charge in [0, 0.05) is 40.3 Å². The molecule has 3 N–H and O–H groups in total. The Morgan fingerprint density at radius 2 is 1.50 bits per heavy atom. The highest BCUT2D eigenvalue weighted by Crippen LogP contribution is 2.34. The Kier molecular flexibility index (Phi) is 6.25. The summed E-state index contributed by atoms with van der Waals surface area (Å²) >= 11 is 6.08. The summed E-state index contributed by atoms with van der Waals surface area (Å²) in [6, 6.07) is 29.1. The van der Waals surface area contributed by atoms with E-state index in [4.69, 9.17) is 27.1 Å². The maximum atomic E-state index is 6.09. The normalized spacial score (nSPS) is 10.9. The van der Waals surface area contributed by atoms with Gasteiger partial charge in [-0.3, -0.25) is 0 Å². The third-order valence-electron chi connectivity index (χ3n) is 6.00. The Bertz CT molecular complexity index is 1740.